The van der Waals surface area contributed by atoms with Gasteiger partial charge in [-0.05, 0) is 31.5 Å². The Kier molecular flexibility index (Phi) is 5.08. The highest BCUT2D eigenvalue weighted by atomic mass is 19.3. The molecule has 0 spiro atoms. The van der Waals surface area contributed by atoms with E-state index in [1.165, 1.54) is 0 Å². The Hall–Kier alpha value is -2.65. The summed E-state index contributed by atoms with van der Waals surface area (Å²) in [5, 5.41) is 4.58. The number of likely N-dealkylation sites (tertiary alicyclic amines) is 1. The van der Waals surface area contributed by atoms with E-state index < -0.39 is 18.5 Å². The van der Waals surface area contributed by atoms with Crippen LogP contribution >= 0.6 is 0 Å². The Balaban J connectivity index is 1.53. The molecule has 4 heterocycles. The largest absolute Gasteiger partial charge is 0.376 e. The number of nitrogens with zero attached hydrogens (tertiary/aromatic N) is 4. The van der Waals surface area contributed by atoms with Gasteiger partial charge in [0.05, 0.1) is 36.7 Å². The number of para-hydroxylation sites is 1. The molecule has 0 saturated carbocycles. The molecular formula is C21H22F2N4O3. The molecule has 2 aliphatic rings. The van der Waals surface area contributed by atoms with E-state index >= 15 is 0 Å². The first-order valence-electron chi connectivity index (χ1n) is 10.2. The van der Waals surface area contributed by atoms with Crippen molar-refractivity contribution < 1.29 is 18.0 Å². The number of hydrogen-bond donors (Lipinski definition) is 0. The number of halogens is 2. The molecule has 0 radical (unpaired) electrons. The second kappa shape index (κ2) is 7.88. The zero-order valence-electron chi connectivity index (χ0n) is 16.4. The van der Waals surface area contributed by atoms with Crippen molar-refractivity contribution in [1.82, 2.24) is 19.6 Å². The summed E-state index contributed by atoms with van der Waals surface area (Å²) in [6.45, 7) is 1.70. The number of aromatic nitrogens is 3. The van der Waals surface area contributed by atoms with Crippen LogP contribution in [-0.4, -0.2) is 39.2 Å². The topological polar surface area (TPSA) is 73.4 Å². The lowest BCUT2D eigenvalue weighted by molar-refractivity contribution is 0.102. The van der Waals surface area contributed by atoms with Gasteiger partial charge in [-0.25, -0.2) is 13.8 Å². The second-order valence-corrected chi connectivity index (χ2v) is 7.76. The summed E-state index contributed by atoms with van der Waals surface area (Å²) >= 11 is 0. The first-order valence-corrected chi connectivity index (χ1v) is 10.2. The van der Waals surface area contributed by atoms with E-state index in [1.54, 1.807) is 24.3 Å². The fourth-order valence-electron chi connectivity index (χ4n) is 4.46. The molecule has 2 aliphatic heterocycles. The first kappa shape index (κ1) is 19.3. The molecule has 0 amide bonds. The SMILES string of the molecule is O=c1c2ccccc2nc(C2CCCN2Cc2noc3c2COCC3)n1CC(F)F. The van der Waals surface area contributed by atoms with Crippen molar-refractivity contribution in [1.29, 1.82) is 0 Å². The molecule has 30 heavy (non-hydrogen) atoms. The average molecular weight is 416 g/mol. The molecule has 0 aliphatic carbocycles. The molecule has 1 unspecified atom stereocenters. The van der Waals surface area contributed by atoms with Gasteiger partial charge in [-0.2, -0.15) is 0 Å². The van der Waals surface area contributed by atoms with Gasteiger partial charge in [0.15, 0.2) is 0 Å². The van der Waals surface area contributed by atoms with Crippen molar-refractivity contribution >= 4 is 10.9 Å². The third kappa shape index (κ3) is 3.41. The summed E-state index contributed by atoms with van der Waals surface area (Å²) < 4.78 is 38.8. The lowest BCUT2D eigenvalue weighted by atomic mass is 10.1. The number of benzene rings is 1. The maximum absolute atomic E-state index is 13.3. The summed E-state index contributed by atoms with van der Waals surface area (Å²) in [6.07, 6.45) is -0.311. The molecule has 1 aromatic carbocycles. The predicted octanol–water partition coefficient (Wildman–Crippen LogP) is 3.06. The maximum Gasteiger partial charge on any atom is 0.261 e. The molecule has 1 saturated heterocycles. The number of ether oxygens (including phenoxy) is 1. The van der Waals surface area contributed by atoms with Crippen molar-refractivity contribution in [2.45, 2.75) is 51.4 Å². The normalized spacial score (nSPS) is 19.6. The minimum Gasteiger partial charge on any atom is -0.376 e. The quantitative estimate of drug-likeness (QED) is 0.637. The Morgan fingerprint density at radius 3 is 3.00 bits per heavy atom. The highest BCUT2D eigenvalue weighted by molar-refractivity contribution is 5.77. The van der Waals surface area contributed by atoms with Crippen LogP contribution in [0.15, 0.2) is 33.6 Å². The molecule has 1 atom stereocenters. The summed E-state index contributed by atoms with van der Waals surface area (Å²) in [5.74, 6) is 1.25. The smallest absolute Gasteiger partial charge is 0.261 e. The third-order valence-electron chi connectivity index (χ3n) is 5.90. The van der Waals surface area contributed by atoms with Gasteiger partial charge in [0, 0.05) is 18.5 Å². The van der Waals surface area contributed by atoms with E-state index in [9.17, 15) is 13.6 Å². The summed E-state index contributed by atoms with van der Waals surface area (Å²) in [5.41, 5.74) is 1.89. The second-order valence-electron chi connectivity index (χ2n) is 7.76. The number of rotatable bonds is 5. The summed E-state index contributed by atoms with van der Waals surface area (Å²) in [4.78, 5) is 19.8. The predicted molar refractivity (Wildman–Crippen MR) is 104 cm³/mol. The van der Waals surface area contributed by atoms with E-state index in [1.807, 2.05) is 0 Å². The Labute approximate surface area is 171 Å². The zero-order chi connectivity index (χ0) is 20.7. The van der Waals surface area contributed by atoms with Gasteiger partial charge >= 0.3 is 0 Å². The molecule has 1 fully saturated rings. The Bertz CT molecular complexity index is 1130. The molecule has 0 N–H and O–H groups in total. The minimum absolute atomic E-state index is 0.238. The monoisotopic (exact) mass is 416 g/mol. The van der Waals surface area contributed by atoms with Crippen molar-refractivity contribution in [3.63, 3.8) is 0 Å². The van der Waals surface area contributed by atoms with Gasteiger partial charge in [0.2, 0.25) is 0 Å². The van der Waals surface area contributed by atoms with E-state index in [-0.39, 0.29) is 6.04 Å². The average Bonchev–Trinajstić information content (AvgIpc) is 3.37. The van der Waals surface area contributed by atoms with Crippen LogP contribution in [0, 0.1) is 0 Å². The zero-order valence-corrected chi connectivity index (χ0v) is 16.4. The van der Waals surface area contributed by atoms with Crippen molar-refractivity contribution in [3.05, 3.63) is 57.5 Å². The highest BCUT2D eigenvalue weighted by Crippen LogP contribution is 2.34. The summed E-state index contributed by atoms with van der Waals surface area (Å²) in [6, 6.07) is 6.65. The molecule has 0 bridgehead atoms. The van der Waals surface area contributed by atoms with Gasteiger partial charge in [-0.1, -0.05) is 17.3 Å². The summed E-state index contributed by atoms with van der Waals surface area (Å²) in [7, 11) is 0. The van der Waals surface area contributed by atoms with Crippen LogP contribution in [-0.2, 0) is 30.9 Å². The van der Waals surface area contributed by atoms with Crippen LogP contribution in [0.5, 0.6) is 0 Å². The van der Waals surface area contributed by atoms with E-state index in [2.05, 4.69) is 15.0 Å². The van der Waals surface area contributed by atoms with Crippen molar-refractivity contribution in [3.8, 4) is 0 Å². The highest BCUT2D eigenvalue weighted by Gasteiger charge is 2.33. The molecule has 158 valence electrons. The van der Waals surface area contributed by atoms with Crippen LogP contribution in [0.4, 0.5) is 8.78 Å². The molecule has 5 rings (SSSR count). The van der Waals surface area contributed by atoms with Crippen LogP contribution in [0.2, 0.25) is 0 Å². The van der Waals surface area contributed by atoms with Crippen LogP contribution in [0.3, 0.4) is 0 Å². The minimum atomic E-state index is -2.64. The van der Waals surface area contributed by atoms with Gasteiger partial charge < -0.3 is 9.26 Å². The fraction of sp³-hybridized carbons (Fsp3) is 0.476. The number of fused-ring (bicyclic) bond motifs is 2. The fourth-order valence-corrected chi connectivity index (χ4v) is 4.46. The van der Waals surface area contributed by atoms with E-state index in [0.29, 0.717) is 42.9 Å². The first-order chi connectivity index (χ1) is 14.6. The van der Waals surface area contributed by atoms with Gasteiger partial charge in [0.25, 0.3) is 12.0 Å². The number of hydrogen-bond acceptors (Lipinski definition) is 6. The molecule has 2 aromatic heterocycles. The maximum atomic E-state index is 13.3. The lowest BCUT2D eigenvalue weighted by Gasteiger charge is -2.26. The van der Waals surface area contributed by atoms with Crippen LogP contribution < -0.4 is 5.56 Å². The van der Waals surface area contributed by atoms with Crippen LogP contribution in [0.1, 0.15) is 41.7 Å². The number of alkyl halides is 2. The van der Waals surface area contributed by atoms with Crippen molar-refractivity contribution in [2.24, 2.45) is 0 Å². The molecular weight excluding hydrogens is 394 g/mol. The third-order valence-corrected chi connectivity index (χ3v) is 5.90. The molecule has 3 aromatic rings. The van der Waals surface area contributed by atoms with Gasteiger partial charge in [0.1, 0.15) is 17.3 Å². The van der Waals surface area contributed by atoms with Crippen molar-refractivity contribution in [2.75, 3.05) is 13.2 Å². The van der Waals surface area contributed by atoms with Gasteiger partial charge in [-0.15, -0.1) is 0 Å². The molecule has 9 heteroatoms. The lowest BCUT2D eigenvalue weighted by Crippen LogP contribution is -2.33. The van der Waals surface area contributed by atoms with E-state index in [0.717, 1.165) is 41.0 Å². The van der Waals surface area contributed by atoms with E-state index in [4.69, 9.17) is 9.26 Å². The molecule has 7 nitrogen and oxygen atoms in total. The van der Waals surface area contributed by atoms with Crippen LogP contribution in [0.25, 0.3) is 10.9 Å². The van der Waals surface area contributed by atoms with Gasteiger partial charge in [-0.3, -0.25) is 14.3 Å². The Morgan fingerprint density at radius 2 is 2.13 bits per heavy atom. The Morgan fingerprint density at radius 1 is 1.27 bits per heavy atom. The standard InChI is InChI=1S/C21H22F2N4O3/c22-19(23)11-27-20(24-15-5-2-1-4-13(15)21(27)28)17-6-3-8-26(17)10-16-14-12-29-9-7-18(14)30-25-16/h1-2,4-5,17,19H,3,6-12H2.